The molecule has 1 rings (SSSR count). The van der Waals surface area contributed by atoms with E-state index in [4.69, 9.17) is 16.2 Å². The fourth-order valence-corrected chi connectivity index (χ4v) is 2.37. The van der Waals surface area contributed by atoms with Crippen LogP contribution in [0.4, 0.5) is 0 Å². The van der Waals surface area contributed by atoms with E-state index in [0.717, 1.165) is 18.4 Å². The number of benzene rings is 1. The molecule has 0 heterocycles. The molecule has 1 amide bonds. The molecule has 4 N–H and O–H groups in total. The number of ether oxygens (including phenoxy) is 1. The minimum Gasteiger partial charge on any atom is -0.496 e. The third-order valence-corrected chi connectivity index (χ3v) is 3.47. The van der Waals surface area contributed by atoms with Gasteiger partial charge in [0.05, 0.1) is 17.6 Å². The minimum atomic E-state index is -3.71. The molecule has 8 nitrogen and oxygen atoms in total. The predicted octanol–water partition coefficient (Wildman–Crippen LogP) is -0.675. The summed E-state index contributed by atoms with van der Waals surface area (Å²) in [5.74, 6) is -1.35. The van der Waals surface area contributed by atoms with Gasteiger partial charge in [0.25, 0.3) is 5.91 Å². The summed E-state index contributed by atoms with van der Waals surface area (Å²) < 4.78 is 28.2. The van der Waals surface area contributed by atoms with Crippen molar-refractivity contribution in [3.8, 4) is 5.75 Å². The molecule has 1 aromatic rings. The lowest BCUT2D eigenvalue weighted by Crippen LogP contribution is -2.24. The van der Waals surface area contributed by atoms with Crippen molar-refractivity contribution in [2.24, 2.45) is 16.5 Å². The van der Waals surface area contributed by atoms with E-state index in [-0.39, 0.29) is 21.8 Å². The van der Waals surface area contributed by atoms with Crippen molar-refractivity contribution < 1.29 is 22.7 Å². The van der Waals surface area contributed by atoms with Crippen molar-refractivity contribution >= 4 is 28.0 Å². The maximum Gasteiger partial charge on any atom is 0.283 e. The average Bonchev–Trinajstić information content (AvgIpc) is 2.34. The summed E-state index contributed by atoms with van der Waals surface area (Å²) >= 11 is 0. The Bertz CT molecular complexity index is 690. The Balaban J connectivity index is 3.64. The first-order valence-corrected chi connectivity index (χ1v) is 7.11. The molecule has 0 saturated heterocycles. The maximum atomic E-state index is 11.8. The lowest BCUT2D eigenvalue weighted by molar-refractivity contribution is 0.0998. The van der Waals surface area contributed by atoms with Gasteiger partial charge in [0, 0.05) is 11.8 Å². The maximum absolute atomic E-state index is 11.8. The molecule has 0 aliphatic carbocycles. The number of hydrogen-bond acceptors (Lipinski definition) is 5. The fourth-order valence-electron chi connectivity index (χ4n) is 1.50. The zero-order chi connectivity index (χ0) is 15.5. The monoisotopic (exact) mass is 299 g/mol. The Morgan fingerprint density at radius 1 is 1.35 bits per heavy atom. The van der Waals surface area contributed by atoms with E-state index in [9.17, 15) is 18.0 Å². The van der Waals surface area contributed by atoms with E-state index in [1.165, 1.54) is 7.11 Å². The van der Waals surface area contributed by atoms with Crippen LogP contribution in [0.5, 0.6) is 5.75 Å². The van der Waals surface area contributed by atoms with Gasteiger partial charge in [0.2, 0.25) is 0 Å². The Labute approximate surface area is 115 Å². The summed E-state index contributed by atoms with van der Waals surface area (Å²) in [5.41, 5.74) is 9.91. The van der Waals surface area contributed by atoms with E-state index in [2.05, 4.69) is 4.99 Å². The lowest BCUT2D eigenvalue weighted by Gasteiger charge is -2.10. The standard InChI is InChI=1S/C11H13N3O5S/c1-19-8-3-6(5-15)9(20(2,17)18)4-7(8)10(16)14-11(12)13/h3-5H,1-2H3,(H4,12,13,14,16). The van der Waals surface area contributed by atoms with Crippen LogP contribution in [0.3, 0.4) is 0 Å². The van der Waals surface area contributed by atoms with Gasteiger partial charge in [0.1, 0.15) is 5.75 Å². The van der Waals surface area contributed by atoms with Crippen LogP contribution in [-0.4, -0.2) is 39.9 Å². The van der Waals surface area contributed by atoms with Crippen LogP contribution in [0.15, 0.2) is 22.0 Å². The summed E-state index contributed by atoms with van der Waals surface area (Å²) in [4.78, 5) is 25.7. The fraction of sp³-hybridized carbons (Fsp3) is 0.182. The first-order valence-electron chi connectivity index (χ1n) is 5.22. The van der Waals surface area contributed by atoms with Gasteiger partial charge in [-0.25, -0.2) is 8.42 Å². The Morgan fingerprint density at radius 2 is 1.95 bits per heavy atom. The second kappa shape index (κ2) is 5.70. The zero-order valence-electron chi connectivity index (χ0n) is 10.8. The van der Waals surface area contributed by atoms with E-state index < -0.39 is 21.7 Å². The molecular formula is C11H13N3O5S. The lowest BCUT2D eigenvalue weighted by atomic mass is 10.1. The molecule has 0 bridgehead atoms. The molecule has 1 aromatic carbocycles. The smallest absolute Gasteiger partial charge is 0.283 e. The van der Waals surface area contributed by atoms with Crippen LogP contribution in [0.1, 0.15) is 20.7 Å². The molecule has 0 unspecified atom stereocenters. The Morgan fingerprint density at radius 3 is 2.35 bits per heavy atom. The van der Waals surface area contributed by atoms with Crippen molar-refractivity contribution in [3.05, 3.63) is 23.3 Å². The van der Waals surface area contributed by atoms with E-state index in [0.29, 0.717) is 6.29 Å². The number of nitrogens with two attached hydrogens (primary N) is 2. The Kier molecular flexibility index (Phi) is 4.45. The van der Waals surface area contributed by atoms with Crippen LogP contribution in [0.25, 0.3) is 0 Å². The van der Waals surface area contributed by atoms with Crippen LogP contribution < -0.4 is 16.2 Å². The normalized spacial score (nSPS) is 10.7. The first kappa shape index (κ1) is 15.6. The van der Waals surface area contributed by atoms with Crippen molar-refractivity contribution in [1.29, 1.82) is 0 Å². The number of carbonyl (C=O) groups excluding carboxylic acids is 2. The molecule has 0 fully saturated rings. The number of rotatable bonds is 4. The molecule has 0 aromatic heterocycles. The Hall–Kier alpha value is -2.42. The van der Waals surface area contributed by atoms with Crippen molar-refractivity contribution in [2.45, 2.75) is 4.90 Å². The highest BCUT2D eigenvalue weighted by atomic mass is 32.2. The number of aldehydes is 1. The quantitative estimate of drug-likeness (QED) is 0.426. The highest BCUT2D eigenvalue weighted by molar-refractivity contribution is 7.90. The number of carbonyl (C=O) groups is 2. The van der Waals surface area contributed by atoms with Crippen LogP contribution in [0, 0.1) is 0 Å². The average molecular weight is 299 g/mol. The largest absolute Gasteiger partial charge is 0.496 e. The van der Waals surface area contributed by atoms with Gasteiger partial charge in [-0.3, -0.25) is 9.59 Å². The van der Waals surface area contributed by atoms with E-state index in [1.807, 2.05) is 0 Å². The highest BCUT2D eigenvalue weighted by Crippen LogP contribution is 2.26. The van der Waals surface area contributed by atoms with Gasteiger partial charge < -0.3 is 16.2 Å². The molecule has 9 heteroatoms. The summed E-state index contributed by atoms with van der Waals surface area (Å²) in [6, 6.07) is 2.14. The van der Waals surface area contributed by atoms with Crippen LogP contribution in [0.2, 0.25) is 0 Å². The molecule has 0 aliphatic rings. The van der Waals surface area contributed by atoms with Gasteiger partial charge in [-0.05, 0) is 12.1 Å². The minimum absolute atomic E-state index is 0.00509. The number of methoxy groups -OCH3 is 1. The van der Waals surface area contributed by atoms with Crippen LogP contribution >= 0.6 is 0 Å². The molecule has 108 valence electrons. The van der Waals surface area contributed by atoms with Gasteiger partial charge in [0.15, 0.2) is 22.1 Å². The number of amides is 1. The van der Waals surface area contributed by atoms with Crippen molar-refractivity contribution in [3.63, 3.8) is 0 Å². The summed E-state index contributed by atoms with van der Waals surface area (Å²) in [6.07, 6.45) is 1.27. The van der Waals surface area contributed by atoms with Crippen molar-refractivity contribution in [1.82, 2.24) is 0 Å². The van der Waals surface area contributed by atoms with Gasteiger partial charge in [-0.1, -0.05) is 0 Å². The van der Waals surface area contributed by atoms with Crippen LogP contribution in [-0.2, 0) is 9.84 Å². The summed E-state index contributed by atoms with van der Waals surface area (Å²) in [5, 5.41) is 0. The number of sulfone groups is 1. The third kappa shape index (κ3) is 3.32. The SMILES string of the molecule is COc1cc(C=O)c(S(C)(=O)=O)cc1C(=O)N=C(N)N. The second-order valence-electron chi connectivity index (χ2n) is 3.82. The third-order valence-electron chi connectivity index (χ3n) is 2.32. The van der Waals surface area contributed by atoms with E-state index in [1.54, 1.807) is 0 Å². The molecule has 0 aliphatic heterocycles. The number of nitrogens with zero attached hydrogens (tertiary/aromatic N) is 1. The van der Waals surface area contributed by atoms with Gasteiger partial charge >= 0.3 is 0 Å². The molecular weight excluding hydrogens is 286 g/mol. The second-order valence-corrected chi connectivity index (χ2v) is 5.81. The van der Waals surface area contributed by atoms with Gasteiger partial charge in [-0.2, -0.15) is 4.99 Å². The predicted molar refractivity (Wildman–Crippen MR) is 71.6 cm³/mol. The first-order chi connectivity index (χ1) is 9.20. The molecule has 0 radical (unpaired) electrons. The zero-order valence-corrected chi connectivity index (χ0v) is 11.6. The molecule has 0 spiro atoms. The summed E-state index contributed by atoms with van der Waals surface area (Å²) in [6.45, 7) is 0. The summed E-state index contributed by atoms with van der Waals surface area (Å²) in [7, 11) is -2.44. The number of hydrogen-bond donors (Lipinski definition) is 2. The molecule has 0 saturated carbocycles. The molecule has 20 heavy (non-hydrogen) atoms. The van der Waals surface area contributed by atoms with Gasteiger partial charge in [-0.15, -0.1) is 0 Å². The highest BCUT2D eigenvalue weighted by Gasteiger charge is 2.21. The number of guanidine groups is 1. The number of aliphatic imine (C=N–C) groups is 1. The van der Waals surface area contributed by atoms with Crippen molar-refractivity contribution in [2.75, 3.05) is 13.4 Å². The topological polar surface area (TPSA) is 142 Å². The molecule has 0 atom stereocenters. The van der Waals surface area contributed by atoms with E-state index >= 15 is 0 Å².